The maximum atomic E-state index is 10.4. The van der Waals surface area contributed by atoms with Gasteiger partial charge in [-0.2, -0.15) is 0 Å². The summed E-state index contributed by atoms with van der Waals surface area (Å²) in [6, 6.07) is 0. The van der Waals surface area contributed by atoms with Crippen LogP contribution in [0.25, 0.3) is 0 Å². The Morgan fingerprint density at radius 2 is 2.23 bits per heavy atom. The molecule has 0 aromatic heterocycles. The highest BCUT2D eigenvalue weighted by Crippen LogP contribution is 2.20. The molecule has 0 saturated carbocycles. The molecule has 0 aromatic carbocycles. The maximum absolute atomic E-state index is 10.4. The van der Waals surface area contributed by atoms with E-state index in [0.717, 1.165) is 19.3 Å². The predicted octanol–water partition coefficient (Wildman–Crippen LogP) is 1.24. The van der Waals surface area contributed by atoms with Gasteiger partial charge in [0.2, 0.25) is 0 Å². The van der Waals surface area contributed by atoms with E-state index in [1.807, 2.05) is 0 Å². The molecule has 1 N–H and O–H groups in total. The molecule has 1 saturated heterocycles. The van der Waals surface area contributed by atoms with Gasteiger partial charge in [0.15, 0.2) is 0 Å². The Kier molecular flexibility index (Phi) is 3.67. The molecule has 1 aliphatic heterocycles. The van der Waals surface area contributed by atoms with Crippen molar-refractivity contribution in [3.05, 3.63) is 4.91 Å². The number of carboxylic acids is 1. The van der Waals surface area contributed by atoms with Gasteiger partial charge in [0.05, 0.1) is 5.29 Å². The van der Waals surface area contributed by atoms with Gasteiger partial charge < -0.3 is 5.11 Å². The first-order valence-electron chi connectivity index (χ1n) is 4.52. The minimum atomic E-state index is -0.752. The number of carboxylic acid groups (broad SMARTS) is 1. The molecule has 0 amide bonds. The lowest BCUT2D eigenvalue weighted by Crippen LogP contribution is -2.17. The topological polar surface area (TPSA) is 70.0 Å². The predicted molar refractivity (Wildman–Crippen MR) is 47.0 cm³/mol. The molecule has 1 rings (SSSR count). The SMILES string of the molecule is O=NN1CCCC(CC(=O)O)CC1. The molecule has 0 spiro atoms. The Bertz CT molecular complexity index is 196. The lowest BCUT2D eigenvalue weighted by Gasteiger charge is -2.11. The van der Waals surface area contributed by atoms with Crippen molar-refractivity contribution in [2.45, 2.75) is 25.7 Å². The third-order valence-corrected chi connectivity index (χ3v) is 2.40. The fourth-order valence-corrected chi connectivity index (χ4v) is 1.68. The van der Waals surface area contributed by atoms with Crippen molar-refractivity contribution in [3.63, 3.8) is 0 Å². The first kappa shape index (κ1) is 9.95. The van der Waals surface area contributed by atoms with Gasteiger partial charge in [0.1, 0.15) is 0 Å². The van der Waals surface area contributed by atoms with Crippen LogP contribution in [-0.4, -0.2) is 29.2 Å². The highest BCUT2D eigenvalue weighted by Gasteiger charge is 2.18. The molecule has 0 aromatic rings. The quantitative estimate of drug-likeness (QED) is 0.673. The van der Waals surface area contributed by atoms with Crippen LogP contribution in [-0.2, 0) is 4.79 Å². The molecule has 0 radical (unpaired) electrons. The Hall–Kier alpha value is -1.13. The van der Waals surface area contributed by atoms with Crippen LogP contribution < -0.4 is 0 Å². The fourth-order valence-electron chi connectivity index (χ4n) is 1.68. The molecule has 1 fully saturated rings. The largest absolute Gasteiger partial charge is 0.481 e. The summed E-state index contributed by atoms with van der Waals surface area (Å²) < 4.78 is 0. The molecule has 5 nitrogen and oxygen atoms in total. The zero-order chi connectivity index (χ0) is 9.68. The summed E-state index contributed by atoms with van der Waals surface area (Å²) in [7, 11) is 0. The van der Waals surface area contributed by atoms with Crippen molar-refractivity contribution < 1.29 is 9.90 Å². The molecule has 13 heavy (non-hydrogen) atoms. The van der Waals surface area contributed by atoms with E-state index in [2.05, 4.69) is 5.29 Å². The first-order chi connectivity index (χ1) is 6.22. The summed E-state index contributed by atoms with van der Waals surface area (Å²) in [5, 5.41) is 12.9. The van der Waals surface area contributed by atoms with Crippen molar-refractivity contribution in [3.8, 4) is 0 Å². The number of nitroso groups, excluding NO2 is 1. The lowest BCUT2D eigenvalue weighted by molar-refractivity contribution is -0.138. The molecule has 1 unspecified atom stereocenters. The lowest BCUT2D eigenvalue weighted by atomic mass is 9.97. The van der Waals surface area contributed by atoms with Crippen molar-refractivity contribution in [2.75, 3.05) is 13.1 Å². The summed E-state index contributed by atoms with van der Waals surface area (Å²) in [4.78, 5) is 20.6. The van der Waals surface area contributed by atoms with Gasteiger partial charge in [-0.15, -0.1) is 4.91 Å². The van der Waals surface area contributed by atoms with Crippen LogP contribution in [0.2, 0.25) is 0 Å². The monoisotopic (exact) mass is 186 g/mol. The third kappa shape index (κ3) is 3.40. The Labute approximate surface area is 76.7 Å². The van der Waals surface area contributed by atoms with E-state index in [1.165, 1.54) is 5.01 Å². The number of hydrogen-bond donors (Lipinski definition) is 1. The molecule has 74 valence electrons. The van der Waals surface area contributed by atoms with Crippen LogP contribution in [0, 0.1) is 10.8 Å². The van der Waals surface area contributed by atoms with E-state index in [1.54, 1.807) is 0 Å². The van der Waals surface area contributed by atoms with E-state index in [4.69, 9.17) is 5.11 Å². The summed E-state index contributed by atoms with van der Waals surface area (Å²) >= 11 is 0. The van der Waals surface area contributed by atoms with Gasteiger partial charge in [-0.3, -0.25) is 9.80 Å². The highest BCUT2D eigenvalue weighted by molar-refractivity contribution is 5.66. The van der Waals surface area contributed by atoms with E-state index in [-0.39, 0.29) is 12.3 Å². The molecule has 1 atom stereocenters. The van der Waals surface area contributed by atoms with Crippen LogP contribution in [0.3, 0.4) is 0 Å². The molecule has 0 bridgehead atoms. The second-order valence-corrected chi connectivity index (χ2v) is 3.43. The van der Waals surface area contributed by atoms with Crippen molar-refractivity contribution >= 4 is 5.97 Å². The van der Waals surface area contributed by atoms with Crippen LogP contribution in [0.15, 0.2) is 5.29 Å². The van der Waals surface area contributed by atoms with Crippen LogP contribution >= 0.6 is 0 Å². The Balaban J connectivity index is 2.35. The summed E-state index contributed by atoms with van der Waals surface area (Å²) in [6.07, 6.45) is 2.73. The standard InChI is InChI=1S/C8H14N2O3/c11-8(12)6-7-2-1-4-10(9-13)5-3-7/h7H,1-6H2,(H,11,12). The minimum absolute atomic E-state index is 0.212. The molecule has 0 aliphatic carbocycles. The summed E-state index contributed by atoms with van der Waals surface area (Å²) in [6.45, 7) is 1.26. The van der Waals surface area contributed by atoms with Crippen molar-refractivity contribution in [1.29, 1.82) is 0 Å². The van der Waals surface area contributed by atoms with Gasteiger partial charge in [-0.1, -0.05) is 0 Å². The molecule has 5 heteroatoms. The second kappa shape index (κ2) is 4.79. The number of carbonyl (C=O) groups is 1. The Morgan fingerprint density at radius 1 is 1.46 bits per heavy atom. The Morgan fingerprint density at radius 3 is 2.85 bits per heavy atom. The molecule has 1 heterocycles. The summed E-state index contributed by atoms with van der Waals surface area (Å²) in [5.41, 5.74) is 0. The molecular formula is C8H14N2O3. The first-order valence-corrected chi connectivity index (χ1v) is 4.52. The van der Waals surface area contributed by atoms with Gasteiger partial charge in [-0.05, 0) is 25.2 Å². The molecule has 1 aliphatic rings. The van der Waals surface area contributed by atoms with Crippen LogP contribution in [0.4, 0.5) is 0 Å². The number of hydrogen-bond acceptors (Lipinski definition) is 3. The highest BCUT2D eigenvalue weighted by atomic mass is 16.4. The van der Waals surface area contributed by atoms with E-state index >= 15 is 0 Å². The number of aliphatic carboxylic acids is 1. The van der Waals surface area contributed by atoms with Crippen molar-refractivity contribution in [1.82, 2.24) is 5.01 Å². The third-order valence-electron chi connectivity index (χ3n) is 2.40. The second-order valence-electron chi connectivity index (χ2n) is 3.43. The average Bonchev–Trinajstić information content (AvgIpc) is 2.29. The van der Waals surface area contributed by atoms with E-state index in [9.17, 15) is 9.70 Å². The summed E-state index contributed by atoms with van der Waals surface area (Å²) in [5.74, 6) is -0.540. The van der Waals surface area contributed by atoms with Crippen molar-refractivity contribution in [2.24, 2.45) is 11.2 Å². The maximum Gasteiger partial charge on any atom is 0.303 e. The van der Waals surface area contributed by atoms with Gasteiger partial charge >= 0.3 is 5.97 Å². The smallest absolute Gasteiger partial charge is 0.303 e. The number of rotatable bonds is 3. The minimum Gasteiger partial charge on any atom is -0.481 e. The zero-order valence-electron chi connectivity index (χ0n) is 7.48. The van der Waals surface area contributed by atoms with Crippen LogP contribution in [0.5, 0.6) is 0 Å². The van der Waals surface area contributed by atoms with Gasteiger partial charge in [0.25, 0.3) is 0 Å². The van der Waals surface area contributed by atoms with Crippen LogP contribution in [0.1, 0.15) is 25.7 Å². The number of nitrogens with zero attached hydrogens (tertiary/aromatic N) is 2. The van der Waals surface area contributed by atoms with Gasteiger partial charge in [0, 0.05) is 19.5 Å². The van der Waals surface area contributed by atoms with Gasteiger partial charge in [-0.25, -0.2) is 0 Å². The normalized spacial score (nSPS) is 23.7. The fraction of sp³-hybridized carbons (Fsp3) is 0.875. The molecular weight excluding hydrogens is 172 g/mol. The van der Waals surface area contributed by atoms with E-state index < -0.39 is 5.97 Å². The zero-order valence-corrected chi connectivity index (χ0v) is 7.48. The van der Waals surface area contributed by atoms with E-state index in [0.29, 0.717) is 13.1 Å². The average molecular weight is 186 g/mol.